The molecule has 2 unspecified atom stereocenters. The monoisotopic (exact) mass is 325 g/mol. The molecule has 7 fully saturated rings. The minimum atomic E-state index is -0.132. The van der Waals surface area contributed by atoms with Gasteiger partial charge in [0.1, 0.15) is 11.6 Å². The molecule has 6 aliphatic carbocycles. The third-order valence-electron chi connectivity index (χ3n) is 9.45. The van der Waals surface area contributed by atoms with Gasteiger partial charge < -0.3 is 4.90 Å². The van der Waals surface area contributed by atoms with Crippen molar-refractivity contribution in [1.29, 1.82) is 0 Å². The zero-order valence-electron chi connectivity index (χ0n) is 14.8. The molecule has 1 saturated heterocycles. The quantitative estimate of drug-likeness (QED) is 0.643. The largest absolute Gasteiger partial charge is 0.302 e. The number of ketones is 2. The fraction of sp³-hybridized carbons (Fsp3) is 0.810. The molecular weight excluding hydrogens is 298 g/mol. The Morgan fingerprint density at radius 3 is 2.71 bits per heavy atom. The number of nitrogens with zero attached hydrogens (tertiary/aromatic N) is 1. The molecule has 0 aromatic rings. The third-order valence-corrected chi connectivity index (χ3v) is 9.45. The van der Waals surface area contributed by atoms with E-state index in [1.807, 2.05) is 0 Å². The van der Waals surface area contributed by atoms with Crippen molar-refractivity contribution < 1.29 is 9.59 Å². The van der Waals surface area contributed by atoms with Crippen molar-refractivity contribution in [2.24, 2.45) is 39.9 Å². The Morgan fingerprint density at radius 2 is 1.92 bits per heavy atom. The van der Waals surface area contributed by atoms with E-state index in [9.17, 15) is 9.59 Å². The maximum absolute atomic E-state index is 13.5. The zero-order chi connectivity index (χ0) is 16.6. The number of Topliss-reactive ketones (excluding diaryl/α,β-unsaturated/α-hetero) is 2. The maximum atomic E-state index is 13.5. The molecule has 128 valence electrons. The SMILES string of the molecule is C=C1CC23CC(=O)[C@@H]4[C@@]5(C)CC(=O)C[C@@]46[C@@H]2CC1C[C@@H]3[C@H]6N(C)C5. The summed E-state index contributed by atoms with van der Waals surface area (Å²) in [5, 5.41) is 0. The second kappa shape index (κ2) is 3.75. The van der Waals surface area contributed by atoms with Crippen LogP contribution in [0.1, 0.15) is 45.4 Å². The molecule has 7 aliphatic rings. The number of allylic oxidation sites excluding steroid dienone is 1. The molecule has 1 heterocycles. The fourth-order valence-corrected chi connectivity index (χ4v) is 9.62. The molecule has 7 rings (SSSR count). The summed E-state index contributed by atoms with van der Waals surface area (Å²) in [5.41, 5.74) is 1.36. The molecule has 6 bridgehead atoms. The van der Waals surface area contributed by atoms with Gasteiger partial charge in [0.05, 0.1) is 0 Å². The van der Waals surface area contributed by atoms with Gasteiger partial charge in [-0.25, -0.2) is 0 Å². The number of rotatable bonds is 0. The molecular formula is C21H27NO2. The van der Waals surface area contributed by atoms with Crippen LogP contribution in [0.2, 0.25) is 0 Å². The van der Waals surface area contributed by atoms with E-state index in [2.05, 4.69) is 25.5 Å². The first-order valence-corrected chi connectivity index (χ1v) is 9.74. The van der Waals surface area contributed by atoms with Gasteiger partial charge in [-0.05, 0) is 54.9 Å². The van der Waals surface area contributed by atoms with Crippen LogP contribution in [0.5, 0.6) is 0 Å². The number of fused-ring (bicyclic) bond motifs is 1. The molecule has 2 spiro atoms. The number of carbonyl (C=O) groups is 2. The Bertz CT molecular complexity index is 727. The van der Waals surface area contributed by atoms with Crippen molar-refractivity contribution in [2.75, 3.05) is 13.6 Å². The van der Waals surface area contributed by atoms with Crippen molar-refractivity contribution in [3.63, 3.8) is 0 Å². The highest BCUT2D eigenvalue weighted by atomic mass is 16.1. The summed E-state index contributed by atoms with van der Waals surface area (Å²) < 4.78 is 0. The van der Waals surface area contributed by atoms with Gasteiger partial charge in [-0.2, -0.15) is 0 Å². The third kappa shape index (κ3) is 1.20. The molecule has 3 nitrogen and oxygen atoms in total. The van der Waals surface area contributed by atoms with Gasteiger partial charge in [-0.1, -0.05) is 19.1 Å². The average molecular weight is 325 g/mol. The molecule has 0 aromatic heterocycles. The molecule has 24 heavy (non-hydrogen) atoms. The van der Waals surface area contributed by atoms with Crippen LogP contribution in [-0.2, 0) is 9.59 Å². The Labute approximate surface area is 143 Å². The second-order valence-corrected chi connectivity index (χ2v) is 10.5. The van der Waals surface area contributed by atoms with Crippen LogP contribution in [0.15, 0.2) is 12.2 Å². The average Bonchev–Trinajstić information content (AvgIpc) is 2.55. The number of piperidine rings is 1. The molecule has 6 saturated carbocycles. The Hall–Kier alpha value is -0.960. The predicted molar refractivity (Wildman–Crippen MR) is 90.2 cm³/mol. The lowest BCUT2D eigenvalue weighted by Crippen LogP contribution is -2.69. The van der Waals surface area contributed by atoms with E-state index < -0.39 is 0 Å². The van der Waals surface area contributed by atoms with Crippen molar-refractivity contribution in [3.05, 3.63) is 12.2 Å². The highest BCUT2D eigenvalue weighted by Gasteiger charge is 2.81. The Morgan fingerprint density at radius 1 is 1.12 bits per heavy atom. The lowest BCUT2D eigenvalue weighted by atomic mass is 9.39. The van der Waals surface area contributed by atoms with E-state index in [-0.39, 0.29) is 22.2 Å². The summed E-state index contributed by atoms with van der Waals surface area (Å²) in [6.45, 7) is 7.54. The number of likely N-dealkylation sites (tertiary alicyclic amines) is 1. The Kier molecular flexibility index (Phi) is 2.22. The minimum Gasteiger partial charge on any atom is -0.302 e. The van der Waals surface area contributed by atoms with Crippen molar-refractivity contribution in [2.45, 2.75) is 51.5 Å². The summed E-state index contributed by atoms with van der Waals surface area (Å²) in [4.78, 5) is 28.9. The van der Waals surface area contributed by atoms with Crippen LogP contribution < -0.4 is 0 Å². The predicted octanol–water partition coefficient (Wildman–Crippen LogP) is 2.85. The van der Waals surface area contributed by atoms with Crippen LogP contribution in [0.25, 0.3) is 0 Å². The normalized spacial score (nSPS) is 60.8. The molecule has 3 heteroatoms. The topological polar surface area (TPSA) is 37.4 Å². The fourth-order valence-electron chi connectivity index (χ4n) is 9.62. The van der Waals surface area contributed by atoms with Crippen LogP contribution >= 0.6 is 0 Å². The van der Waals surface area contributed by atoms with E-state index in [1.54, 1.807) is 0 Å². The lowest BCUT2D eigenvalue weighted by molar-refractivity contribution is -0.186. The van der Waals surface area contributed by atoms with Gasteiger partial charge in [0.25, 0.3) is 0 Å². The van der Waals surface area contributed by atoms with Gasteiger partial charge in [0.2, 0.25) is 0 Å². The summed E-state index contributed by atoms with van der Waals surface area (Å²) >= 11 is 0. The van der Waals surface area contributed by atoms with Gasteiger partial charge in [0, 0.05) is 43.2 Å². The number of hydrogen-bond acceptors (Lipinski definition) is 3. The highest BCUT2D eigenvalue weighted by Crippen LogP contribution is 2.81. The van der Waals surface area contributed by atoms with Crippen molar-refractivity contribution in [3.8, 4) is 0 Å². The van der Waals surface area contributed by atoms with Gasteiger partial charge in [0.15, 0.2) is 0 Å². The minimum absolute atomic E-state index is 0.0491. The molecule has 0 N–H and O–H groups in total. The van der Waals surface area contributed by atoms with Crippen molar-refractivity contribution in [1.82, 2.24) is 4.90 Å². The van der Waals surface area contributed by atoms with Crippen LogP contribution in [0, 0.1) is 39.9 Å². The number of carbonyl (C=O) groups excluding carboxylic acids is 2. The van der Waals surface area contributed by atoms with Gasteiger partial charge in [-0.3, -0.25) is 9.59 Å². The van der Waals surface area contributed by atoms with Crippen LogP contribution in [-0.4, -0.2) is 36.1 Å². The summed E-state index contributed by atoms with van der Waals surface area (Å²) in [6.07, 6.45) is 5.54. The van der Waals surface area contributed by atoms with Gasteiger partial charge >= 0.3 is 0 Å². The van der Waals surface area contributed by atoms with E-state index >= 15 is 0 Å². The molecule has 1 aliphatic heterocycles. The second-order valence-electron chi connectivity index (χ2n) is 10.5. The van der Waals surface area contributed by atoms with E-state index in [0.717, 1.165) is 19.4 Å². The van der Waals surface area contributed by atoms with Crippen LogP contribution in [0.3, 0.4) is 0 Å². The summed E-state index contributed by atoms with van der Waals surface area (Å²) in [6, 6.07) is 0.453. The van der Waals surface area contributed by atoms with Crippen molar-refractivity contribution >= 4 is 11.6 Å². The van der Waals surface area contributed by atoms with Crippen LogP contribution in [0.4, 0.5) is 0 Å². The van der Waals surface area contributed by atoms with E-state index in [1.165, 1.54) is 18.4 Å². The first-order valence-electron chi connectivity index (χ1n) is 9.74. The molecule has 0 radical (unpaired) electrons. The maximum Gasteiger partial charge on any atom is 0.137 e. The summed E-state index contributed by atoms with van der Waals surface area (Å²) in [7, 11) is 2.27. The van der Waals surface area contributed by atoms with E-state index in [0.29, 0.717) is 48.2 Å². The lowest BCUT2D eigenvalue weighted by Gasteiger charge is -2.65. The molecule has 8 atom stereocenters. The highest BCUT2D eigenvalue weighted by molar-refractivity contribution is 5.92. The first kappa shape index (κ1) is 14.2. The zero-order valence-corrected chi connectivity index (χ0v) is 14.8. The summed E-state index contributed by atoms with van der Waals surface area (Å²) in [5.74, 6) is 2.90. The first-order chi connectivity index (χ1) is 11.3. The Balaban J connectivity index is 1.66. The van der Waals surface area contributed by atoms with E-state index in [4.69, 9.17) is 0 Å². The molecule has 0 aromatic carbocycles. The van der Waals surface area contributed by atoms with Gasteiger partial charge in [-0.15, -0.1) is 0 Å². The standard InChI is InChI=1S/C21H27NO2/c1-11-6-20-9-15(24)17-19(2)7-13(23)8-21(17)16(20)5-12(11)4-14(20)18(21)22(3)10-19/h12,14,16-18H,1,4-10H2,2-3H3/t12?,14-,16-,17-,18-,19+,20?,21-/m1/s1. The number of hydrogen-bond donors (Lipinski definition) is 0. The smallest absolute Gasteiger partial charge is 0.137 e. The molecule has 0 amide bonds.